The molecule has 0 aliphatic heterocycles. The summed E-state index contributed by atoms with van der Waals surface area (Å²) < 4.78 is 1.93. The lowest BCUT2D eigenvalue weighted by molar-refractivity contribution is 0.692. The van der Waals surface area contributed by atoms with E-state index in [4.69, 9.17) is 0 Å². The minimum Gasteiger partial charge on any atom is -0.316 e. The van der Waals surface area contributed by atoms with E-state index in [1.807, 2.05) is 25.7 Å². The van der Waals surface area contributed by atoms with Crippen molar-refractivity contribution in [3.63, 3.8) is 0 Å². The van der Waals surface area contributed by atoms with Crippen molar-refractivity contribution < 1.29 is 0 Å². The molecule has 2 aromatic rings. The predicted molar refractivity (Wildman–Crippen MR) is 76.0 cm³/mol. The van der Waals surface area contributed by atoms with Crippen LogP contribution in [0.2, 0.25) is 0 Å². The molecule has 0 bridgehead atoms. The summed E-state index contributed by atoms with van der Waals surface area (Å²) in [4.78, 5) is 1.29. The van der Waals surface area contributed by atoms with Crippen LogP contribution in [0.3, 0.4) is 0 Å². The second kappa shape index (κ2) is 5.59. The summed E-state index contributed by atoms with van der Waals surface area (Å²) >= 11 is 1.77. The Morgan fingerprint density at radius 3 is 2.67 bits per heavy atom. The van der Waals surface area contributed by atoms with Crippen molar-refractivity contribution in [1.82, 2.24) is 15.1 Å². The van der Waals surface area contributed by atoms with Gasteiger partial charge in [-0.25, -0.2) is 0 Å². The van der Waals surface area contributed by atoms with Crippen LogP contribution < -0.4 is 5.32 Å². The maximum atomic E-state index is 4.38. The van der Waals surface area contributed by atoms with E-state index >= 15 is 0 Å². The Balaban J connectivity index is 2.30. The lowest BCUT2D eigenvalue weighted by Crippen LogP contribution is -2.06. The van der Waals surface area contributed by atoms with Gasteiger partial charge in [-0.3, -0.25) is 4.68 Å². The van der Waals surface area contributed by atoms with Gasteiger partial charge in [-0.15, -0.1) is 0 Å². The molecular formula is C14H19N3S. The highest BCUT2D eigenvalue weighted by atomic mass is 32.2. The minimum atomic E-state index is 0.890. The fourth-order valence-electron chi connectivity index (χ4n) is 1.93. The minimum absolute atomic E-state index is 0.890. The van der Waals surface area contributed by atoms with Crippen molar-refractivity contribution in [2.45, 2.75) is 30.3 Å². The first kappa shape index (κ1) is 13.2. The Bertz CT molecular complexity index is 546. The molecule has 4 heteroatoms. The van der Waals surface area contributed by atoms with Gasteiger partial charge >= 0.3 is 0 Å². The lowest BCUT2D eigenvalue weighted by atomic mass is 10.1. The molecule has 1 aromatic heterocycles. The molecule has 0 aliphatic carbocycles. The van der Waals surface area contributed by atoms with E-state index in [9.17, 15) is 0 Å². The molecule has 0 spiro atoms. The normalized spacial score (nSPS) is 10.9. The van der Waals surface area contributed by atoms with Crippen molar-refractivity contribution in [3.05, 3.63) is 41.1 Å². The van der Waals surface area contributed by atoms with Crippen LogP contribution >= 0.6 is 11.8 Å². The van der Waals surface area contributed by atoms with E-state index in [2.05, 4.69) is 41.6 Å². The van der Waals surface area contributed by atoms with Gasteiger partial charge in [0.2, 0.25) is 0 Å². The first-order valence-electron chi connectivity index (χ1n) is 6.03. The van der Waals surface area contributed by atoms with Gasteiger partial charge in [0.05, 0.1) is 10.7 Å². The van der Waals surface area contributed by atoms with Gasteiger partial charge in [0.15, 0.2) is 0 Å². The van der Waals surface area contributed by atoms with Crippen molar-refractivity contribution in [1.29, 1.82) is 0 Å². The standard InChI is InChI=1S/C14H19N3S/c1-10-5-6-13(12(7-10)9-15-3)18-14-8-11(2)16-17(14)4/h5-8,15H,9H2,1-4H3. The average Bonchev–Trinajstić information content (AvgIpc) is 2.62. The van der Waals surface area contributed by atoms with Crippen LogP contribution in [0.1, 0.15) is 16.8 Å². The summed E-state index contributed by atoms with van der Waals surface area (Å²) in [6.07, 6.45) is 0. The molecule has 0 saturated carbocycles. The Kier molecular flexibility index (Phi) is 4.09. The predicted octanol–water partition coefficient (Wildman–Crippen LogP) is 2.91. The van der Waals surface area contributed by atoms with Gasteiger partial charge in [0.25, 0.3) is 0 Å². The smallest absolute Gasteiger partial charge is 0.0987 e. The molecule has 0 aliphatic rings. The number of aromatic nitrogens is 2. The van der Waals surface area contributed by atoms with Gasteiger partial charge in [0.1, 0.15) is 0 Å². The molecule has 2 rings (SSSR count). The molecule has 3 nitrogen and oxygen atoms in total. The fourth-order valence-corrected chi connectivity index (χ4v) is 2.96. The van der Waals surface area contributed by atoms with E-state index in [0.717, 1.165) is 12.2 Å². The van der Waals surface area contributed by atoms with E-state index in [1.165, 1.54) is 21.0 Å². The molecular weight excluding hydrogens is 242 g/mol. The second-order valence-corrected chi connectivity index (χ2v) is 5.55. The number of rotatable bonds is 4. The molecule has 0 unspecified atom stereocenters. The van der Waals surface area contributed by atoms with Gasteiger partial charge in [-0.1, -0.05) is 29.5 Å². The van der Waals surface area contributed by atoms with Gasteiger partial charge < -0.3 is 5.32 Å². The maximum absolute atomic E-state index is 4.38. The topological polar surface area (TPSA) is 29.9 Å². The van der Waals surface area contributed by atoms with Crippen LogP contribution in [-0.4, -0.2) is 16.8 Å². The Morgan fingerprint density at radius 1 is 1.28 bits per heavy atom. The van der Waals surface area contributed by atoms with Crippen LogP contribution in [0, 0.1) is 13.8 Å². The van der Waals surface area contributed by atoms with Crippen molar-refractivity contribution in [3.8, 4) is 0 Å². The molecule has 1 aromatic carbocycles. The number of nitrogens with one attached hydrogen (secondary N) is 1. The first-order chi connectivity index (χ1) is 8.60. The van der Waals surface area contributed by atoms with E-state index in [-0.39, 0.29) is 0 Å². The highest BCUT2D eigenvalue weighted by molar-refractivity contribution is 7.99. The molecule has 0 radical (unpaired) electrons. The molecule has 1 heterocycles. The quantitative estimate of drug-likeness (QED) is 0.918. The van der Waals surface area contributed by atoms with Crippen molar-refractivity contribution >= 4 is 11.8 Å². The lowest BCUT2D eigenvalue weighted by Gasteiger charge is -2.10. The summed E-state index contributed by atoms with van der Waals surface area (Å²) in [6, 6.07) is 8.70. The summed E-state index contributed by atoms with van der Waals surface area (Å²) in [5, 5.41) is 8.78. The molecule has 0 saturated heterocycles. The number of nitrogens with zero attached hydrogens (tertiary/aromatic N) is 2. The Labute approximate surface area is 113 Å². The zero-order chi connectivity index (χ0) is 13.1. The van der Waals surface area contributed by atoms with Gasteiger partial charge in [-0.2, -0.15) is 5.10 Å². The van der Waals surface area contributed by atoms with Crippen LogP contribution in [0.15, 0.2) is 34.2 Å². The second-order valence-electron chi connectivity index (χ2n) is 4.49. The number of benzene rings is 1. The Hall–Kier alpha value is -1.26. The first-order valence-corrected chi connectivity index (χ1v) is 6.84. The number of aryl methyl sites for hydroxylation is 3. The SMILES string of the molecule is CNCc1cc(C)ccc1Sc1cc(C)nn1C. The van der Waals surface area contributed by atoms with E-state index in [0.29, 0.717) is 0 Å². The van der Waals surface area contributed by atoms with Crippen LogP contribution in [0.25, 0.3) is 0 Å². The highest BCUT2D eigenvalue weighted by Gasteiger charge is 2.08. The monoisotopic (exact) mass is 261 g/mol. The molecule has 0 fully saturated rings. The summed E-state index contributed by atoms with van der Waals surface area (Å²) in [7, 11) is 3.96. The van der Waals surface area contributed by atoms with Gasteiger partial charge in [-0.05, 0) is 38.6 Å². The van der Waals surface area contributed by atoms with E-state index < -0.39 is 0 Å². The van der Waals surface area contributed by atoms with Gasteiger partial charge in [0, 0.05) is 18.5 Å². The number of hydrogen-bond acceptors (Lipinski definition) is 3. The molecule has 1 N–H and O–H groups in total. The van der Waals surface area contributed by atoms with E-state index in [1.54, 1.807) is 11.8 Å². The molecule has 96 valence electrons. The zero-order valence-corrected chi connectivity index (χ0v) is 12.1. The average molecular weight is 261 g/mol. The number of hydrogen-bond donors (Lipinski definition) is 1. The summed E-state index contributed by atoms with van der Waals surface area (Å²) in [5.74, 6) is 0. The maximum Gasteiger partial charge on any atom is 0.0987 e. The molecule has 0 atom stereocenters. The fraction of sp³-hybridized carbons (Fsp3) is 0.357. The van der Waals surface area contributed by atoms with Crippen molar-refractivity contribution in [2.24, 2.45) is 7.05 Å². The third-order valence-corrected chi connectivity index (χ3v) is 3.97. The highest BCUT2D eigenvalue weighted by Crippen LogP contribution is 2.31. The molecule has 18 heavy (non-hydrogen) atoms. The molecule has 0 amide bonds. The van der Waals surface area contributed by atoms with Crippen LogP contribution in [0.4, 0.5) is 0 Å². The summed E-state index contributed by atoms with van der Waals surface area (Å²) in [6.45, 7) is 5.04. The van der Waals surface area contributed by atoms with Crippen LogP contribution in [-0.2, 0) is 13.6 Å². The zero-order valence-electron chi connectivity index (χ0n) is 11.3. The summed E-state index contributed by atoms with van der Waals surface area (Å²) in [5.41, 5.74) is 3.69. The third kappa shape index (κ3) is 2.94. The van der Waals surface area contributed by atoms with Crippen molar-refractivity contribution in [2.75, 3.05) is 7.05 Å². The van der Waals surface area contributed by atoms with Crippen LogP contribution in [0.5, 0.6) is 0 Å². The largest absolute Gasteiger partial charge is 0.316 e. The third-order valence-electron chi connectivity index (χ3n) is 2.76. The Morgan fingerprint density at radius 2 is 2.06 bits per heavy atom.